The number of benzene rings is 2. The fourth-order valence-corrected chi connectivity index (χ4v) is 5.90. The lowest BCUT2D eigenvalue weighted by Gasteiger charge is -2.33. The fourth-order valence-electron chi connectivity index (χ4n) is 4.84. The third-order valence-electron chi connectivity index (χ3n) is 7.18. The summed E-state index contributed by atoms with van der Waals surface area (Å²) < 4.78 is 52.0. The molecule has 0 bridgehead atoms. The van der Waals surface area contributed by atoms with E-state index in [9.17, 15) is 22.4 Å². The van der Waals surface area contributed by atoms with Crippen LogP contribution in [-0.4, -0.2) is 62.7 Å². The fraction of sp³-hybridized carbons (Fsp3) is 0.500. The maximum Gasteiger partial charge on any atom is 0.244 e. The zero-order valence-electron chi connectivity index (χ0n) is 22.4. The second-order valence-corrected chi connectivity index (χ2v) is 12.1. The summed E-state index contributed by atoms with van der Waals surface area (Å²) in [7, 11) is -3.88. The van der Waals surface area contributed by atoms with Crippen LogP contribution >= 0.6 is 0 Å². The molecule has 2 amide bonds. The largest absolute Gasteiger partial charge is 0.486 e. The quantitative estimate of drug-likeness (QED) is 0.475. The van der Waals surface area contributed by atoms with Gasteiger partial charge in [-0.25, -0.2) is 12.8 Å². The van der Waals surface area contributed by atoms with Crippen LogP contribution in [0.3, 0.4) is 0 Å². The van der Waals surface area contributed by atoms with Crippen molar-refractivity contribution in [2.75, 3.05) is 29.8 Å². The Hall–Kier alpha value is -3.34. The van der Waals surface area contributed by atoms with Gasteiger partial charge in [0.15, 0.2) is 11.5 Å². The second kappa shape index (κ2) is 12.7. The molecule has 1 aliphatic carbocycles. The Morgan fingerprint density at radius 1 is 1.03 bits per heavy atom. The number of sulfonamides is 1. The van der Waals surface area contributed by atoms with Gasteiger partial charge in [-0.2, -0.15) is 0 Å². The maximum absolute atomic E-state index is 13.8. The molecular weight excluding hydrogens is 525 g/mol. The van der Waals surface area contributed by atoms with Gasteiger partial charge in [0.25, 0.3) is 0 Å². The number of hydrogen-bond donors (Lipinski definition) is 1. The summed E-state index contributed by atoms with van der Waals surface area (Å²) >= 11 is 0. The van der Waals surface area contributed by atoms with Gasteiger partial charge in [0.1, 0.15) is 31.6 Å². The van der Waals surface area contributed by atoms with Crippen molar-refractivity contribution in [3.05, 3.63) is 53.8 Å². The van der Waals surface area contributed by atoms with Crippen LogP contribution in [0.1, 0.15) is 51.5 Å². The van der Waals surface area contributed by atoms with Crippen molar-refractivity contribution in [3.63, 3.8) is 0 Å². The van der Waals surface area contributed by atoms with E-state index in [1.165, 1.54) is 24.0 Å². The number of rotatable bonds is 10. The highest BCUT2D eigenvalue weighted by molar-refractivity contribution is 7.92. The lowest BCUT2D eigenvalue weighted by atomic mass is 9.95. The molecule has 9 nitrogen and oxygen atoms in total. The number of amides is 2. The van der Waals surface area contributed by atoms with E-state index >= 15 is 0 Å². The number of fused-ring (bicyclic) bond motifs is 1. The smallest absolute Gasteiger partial charge is 0.244 e. The molecule has 39 heavy (non-hydrogen) atoms. The molecule has 1 atom stereocenters. The number of carbonyl (C=O) groups excluding carboxylic acids is 2. The number of halogens is 1. The lowest BCUT2D eigenvalue weighted by molar-refractivity contribution is -0.139. The first-order valence-corrected chi connectivity index (χ1v) is 15.0. The topological polar surface area (TPSA) is 105 Å². The van der Waals surface area contributed by atoms with Crippen molar-refractivity contribution in [1.82, 2.24) is 10.2 Å². The first-order chi connectivity index (χ1) is 18.7. The first kappa shape index (κ1) is 28.7. The normalized spacial score (nSPS) is 16.3. The molecule has 2 aliphatic rings. The van der Waals surface area contributed by atoms with Crippen LogP contribution in [0.5, 0.6) is 11.5 Å². The summed E-state index contributed by atoms with van der Waals surface area (Å²) in [6.45, 7) is 3.34. The molecule has 1 saturated carbocycles. The van der Waals surface area contributed by atoms with Gasteiger partial charge in [-0.3, -0.25) is 13.9 Å². The summed E-state index contributed by atoms with van der Waals surface area (Å²) in [5.74, 6) is -0.621. The number of nitrogens with zero attached hydrogens (tertiary/aromatic N) is 2. The Bertz CT molecular complexity index is 1260. The number of nitrogens with one attached hydrogen (secondary N) is 1. The van der Waals surface area contributed by atoms with Crippen molar-refractivity contribution >= 4 is 27.5 Å². The minimum Gasteiger partial charge on any atom is -0.486 e. The van der Waals surface area contributed by atoms with Crippen LogP contribution < -0.4 is 19.1 Å². The molecule has 4 rings (SSSR count). The third kappa shape index (κ3) is 7.20. The number of ether oxygens (including phenoxy) is 2. The van der Waals surface area contributed by atoms with Gasteiger partial charge in [-0.15, -0.1) is 0 Å². The third-order valence-corrected chi connectivity index (χ3v) is 8.92. The molecule has 0 radical (unpaired) electrons. The first-order valence-electron chi connectivity index (χ1n) is 13.4. The summed E-state index contributed by atoms with van der Waals surface area (Å²) in [5, 5.41) is 3.05. The van der Waals surface area contributed by atoms with E-state index in [0.717, 1.165) is 36.4 Å². The van der Waals surface area contributed by atoms with Gasteiger partial charge < -0.3 is 19.7 Å². The van der Waals surface area contributed by atoms with Crippen LogP contribution in [0.4, 0.5) is 10.1 Å². The molecule has 0 spiro atoms. The van der Waals surface area contributed by atoms with Crippen LogP contribution in [0.25, 0.3) is 0 Å². The van der Waals surface area contributed by atoms with Crippen LogP contribution in [0, 0.1) is 5.82 Å². The highest BCUT2D eigenvalue weighted by atomic mass is 32.2. The Morgan fingerprint density at radius 3 is 2.36 bits per heavy atom. The van der Waals surface area contributed by atoms with Crippen LogP contribution in [-0.2, 0) is 26.2 Å². The van der Waals surface area contributed by atoms with Gasteiger partial charge in [0.2, 0.25) is 21.8 Å². The van der Waals surface area contributed by atoms with E-state index in [-0.39, 0.29) is 29.9 Å². The minimum atomic E-state index is -3.88. The molecule has 1 N–H and O–H groups in total. The molecule has 0 unspecified atom stereocenters. The second-order valence-electron chi connectivity index (χ2n) is 9.90. The van der Waals surface area contributed by atoms with E-state index in [2.05, 4.69) is 5.32 Å². The van der Waals surface area contributed by atoms with E-state index in [1.807, 2.05) is 0 Å². The number of carbonyl (C=O) groups is 2. The molecule has 2 aromatic rings. The summed E-state index contributed by atoms with van der Waals surface area (Å²) in [4.78, 5) is 28.4. The Morgan fingerprint density at radius 2 is 1.69 bits per heavy atom. The van der Waals surface area contributed by atoms with E-state index in [0.29, 0.717) is 30.3 Å². The molecular formula is C28H36FN3O6S. The van der Waals surface area contributed by atoms with Gasteiger partial charge in [0, 0.05) is 18.7 Å². The van der Waals surface area contributed by atoms with E-state index in [4.69, 9.17) is 9.47 Å². The standard InChI is InChI=1S/C28H36FN3O6S/c1-3-39(35,36)32(24-13-14-25-26(17-24)38-16-15-37-25)19-27(33)31(18-21-9-11-22(29)12-10-21)20(2)28(34)30-23-7-5-4-6-8-23/h9-14,17,20,23H,3-8,15-16,18-19H2,1-2H3,(H,30,34)/t20-/m0/s1. The van der Waals surface area contributed by atoms with Crippen molar-refractivity contribution in [1.29, 1.82) is 0 Å². The molecule has 0 saturated heterocycles. The SMILES string of the molecule is CCS(=O)(=O)N(CC(=O)N(Cc1ccc(F)cc1)[C@@H](C)C(=O)NC1CCCCC1)c1ccc2c(c1)OCCO2. The lowest BCUT2D eigenvalue weighted by Crippen LogP contribution is -2.53. The van der Waals surface area contributed by atoms with Gasteiger partial charge in [-0.1, -0.05) is 31.4 Å². The molecule has 1 aliphatic heterocycles. The maximum atomic E-state index is 13.8. The molecule has 212 valence electrons. The van der Waals surface area contributed by atoms with Crippen molar-refractivity contribution in [3.8, 4) is 11.5 Å². The van der Waals surface area contributed by atoms with Crippen LogP contribution in [0.2, 0.25) is 0 Å². The van der Waals surface area contributed by atoms with Gasteiger partial charge in [-0.05, 0) is 56.5 Å². The Kier molecular flexibility index (Phi) is 9.32. The number of anilines is 1. The van der Waals surface area contributed by atoms with Crippen LogP contribution in [0.15, 0.2) is 42.5 Å². The molecule has 0 aromatic heterocycles. The summed E-state index contributed by atoms with van der Waals surface area (Å²) in [6.07, 6.45) is 4.99. The predicted octanol–water partition coefficient (Wildman–Crippen LogP) is 3.62. The Labute approximate surface area is 229 Å². The van der Waals surface area contributed by atoms with Gasteiger partial charge in [0.05, 0.1) is 11.4 Å². The summed E-state index contributed by atoms with van der Waals surface area (Å²) in [5.41, 5.74) is 0.877. The van der Waals surface area contributed by atoms with Gasteiger partial charge >= 0.3 is 0 Å². The van der Waals surface area contributed by atoms with Crippen molar-refractivity contribution < 1.29 is 31.9 Å². The predicted molar refractivity (Wildman–Crippen MR) is 146 cm³/mol. The highest BCUT2D eigenvalue weighted by Crippen LogP contribution is 2.35. The number of hydrogen-bond acceptors (Lipinski definition) is 6. The highest BCUT2D eigenvalue weighted by Gasteiger charge is 2.32. The van der Waals surface area contributed by atoms with Crippen molar-refractivity contribution in [2.45, 2.75) is 64.6 Å². The summed E-state index contributed by atoms with van der Waals surface area (Å²) in [6, 6.07) is 9.55. The zero-order valence-corrected chi connectivity index (χ0v) is 23.2. The van der Waals surface area contributed by atoms with E-state index in [1.54, 1.807) is 37.3 Å². The zero-order chi connectivity index (χ0) is 28.0. The Balaban J connectivity index is 1.61. The average Bonchev–Trinajstić information content (AvgIpc) is 2.95. The van der Waals surface area contributed by atoms with E-state index < -0.39 is 34.3 Å². The minimum absolute atomic E-state index is 0.0134. The average molecular weight is 562 g/mol. The van der Waals surface area contributed by atoms with Crippen molar-refractivity contribution in [2.24, 2.45) is 0 Å². The molecule has 11 heteroatoms. The molecule has 1 heterocycles. The monoisotopic (exact) mass is 561 g/mol. The molecule has 2 aromatic carbocycles. The molecule has 1 fully saturated rings.